The molecule has 0 amide bonds. The molecule has 0 aliphatic heterocycles. The van der Waals surface area contributed by atoms with Crippen LogP contribution in [0, 0.1) is 0 Å². The summed E-state index contributed by atoms with van der Waals surface area (Å²) in [5, 5.41) is 1.10. The zero-order valence-electron chi connectivity index (χ0n) is 18.6. The van der Waals surface area contributed by atoms with Crippen LogP contribution in [0.4, 0.5) is 0 Å². The molecular formula is C31H23NSSb+. The van der Waals surface area contributed by atoms with Crippen molar-refractivity contribution in [3.05, 3.63) is 140 Å². The maximum absolute atomic E-state index is 5.09. The van der Waals surface area contributed by atoms with Gasteiger partial charge in [-0.05, 0) is 0 Å². The monoisotopic (exact) mass is 562 g/mol. The number of thiazole rings is 1. The summed E-state index contributed by atoms with van der Waals surface area (Å²) >= 11 is -1.76. The number of hydrogen-bond donors (Lipinski definition) is 0. The van der Waals surface area contributed by atoms with Crippen molar-refractivity contribution in [3.63, 3.8) is 0 Å². The van der Waals surface area contributed by atoms with Crippen molar-refractivity contribution in [1.29, 1.82) is 0 Å². The number of fused-ring (bicyclic) bond motifs is 1. The van der Waals surface area contributed by atoms with E-state index >= 15 is 0 Å². The molecule has 0 aliphatic carbocycles. The fourth-order valence-corrected chi connectivity index (χ4v) is 18.7. The number of rotatable bonds is 5. The third kappa shape index (κ3) is 3.59. The number of nitrogens with zero attached hydrogens (tertiary/aromatic N) is 1. The van der Waals surface area contributed by atoms with Crippen molar-refractivity contribution in [2.24, 2.45) is 0 Å². The average molecular weight is 563 g/mol. The Morgan fingerprint density at radius 2 is 0.941 bits per heavy atom. The molecule has 34 heavy (non-hydrogen) atoms. The second kappa shape index (κ2) is 9.22. The van der Waals surface area contributed by atoms with Crippen molar-refractivity contribution < 1.29 is 0 Å². The molecule has 0 fully saturated rings. The van der Waals surface area contributed by atoms with Gasteiger partial charge in [0.25, 0.3) is 0 Å². The van der Waals surface area contributed by atoms with Crippen LogP contribution in [-0.4, -0.2) is 23.8 Å². The molecule has 6 aromatic rings. The van der Waals surface area contributed by atoms with Gasteiger partial charge in [-0.1, -0.05) is 0 Å². The van der Waals surface area contributed by atoms with Crippen molar-refractivity contribution >= 4 is 54.4 Å². The summed E-state index contributed by atoms with van der Waals surface area (Å²) in [7, 11) is 0. The molecule has 1 nitrogen and oxygen atoms in total. The molecule has 0 bridgehead atoms. The number of para-hydroxylation sites is 1. The van der Waals surface area contributed by atoms with Gasteiger partial charge in [0.1, 0.15) is 0 Å². The molecule has 0 spiro atoms. The number of hydrogen-bond acceptors (Lipinski definition) is 2. The Morgan fingerprint density at radius 3 is 1.50 bits per heavy atom. The molecule has 0 saturated heterocycles. The van der Waals surface area contributed by atoms with E-state index < -0.39 is 18.8 Å². The van der Waals surface area contributed by atoms with Crippen LogP contribution in [0.15, 0.2) is 140 Å². The molecule has 5 aromatic carbocycles. The summed E-state index contributed by atoms with van der Waals surface area (Å²) in [4.78, 5) is 5.09. The van der Waals surface area contributed by atoms with Gasteiger partial charge in [0.05, 0.1) is 0 Å². The van der Waals surface area contributed by atoms with E-state index in [2.05, 4.69) is 140 Å². The van der Waals surface area contributed by atoms with E-state index in [1.807, 2.05) is 0 Å². The molecule has 0 saturated carbocycles. The van der Waals surface area contributed by atoms with Gasteiger partial charge in [0.15, 0.2) is 0 Å². The van der Waals surface area contributed by atoms with Gasteiger partial charge < -0.3 is 0 Å². The van der Waals surface area contributed by atoms with Crippen molar-refractivity contribution in [2.75, 3.05) is 0 Å². The molecule has 6 rings (SSSR count). The molecule has 0 unspecified atom stereocenters. The normalized spacial score (nSPS) is 11.5. The predicted octanol–water partition coefficient (Wildman–Crippen LogP) is 5.34. The average Bonchev–Trinajstić information content (AvgIpc) is 3.36. The Hall–Kier alpha value is -3.19. The zero-order valence-corrected chi connectivity index (χ0v) is 22.0. The van der Waals surface area contributed by atoms with Gasteiger partial charge in [-0.15, -0.1) is 0 Å². The number of benzene rings is 5. The second-order valence-electron chi connectivity index (χ2n) is 8.18. The fourth-order valence-electron chi connectivity index (χ4n) is 4.75. The predicted molar refractivity (Wildman–Crippen MR) is 149 cm³/mol. The van der Waals surface area contributed by atoms with Crippen LogP contribution in [0.25, 0.3) is 20.8 Å². The molecule has 0 N–H and O–H groups in total. The van der Waals surface area contributed by atoms with Crippen LogP contribution < -0.4 is 14.0 Å². The minimum atomic E-state index is -3.54. The van der Waals surface area contributed by atoms with Crippen LogP contribution in [0.5, 0.6) is 0 Å². The van der Waals surface area contributed by atoms with Crippen molar-refractivity contribution in [3.8, 4) is 10.6 Å². The summed E-state index contributed by atoms with van der Waals surface area (Å²) in [5.74, 6) is 0. The standard InChI is InChI=1S/C13H8NS.3C6H5.Sb/c1-2-6-10(7-3-1)13-14-11-8-4-5-9-12(11)15-13;3*1-2-4-6-5-3-1;/h1-6,8-9H;3*1-5H;/q;;;;+1. The summed E-state index contributed by atoms with van der Waals surface area (Å²) in [6.07, 6.45) is 0. The molecule has 0 atom stereocenters. The quantitative estimate of drug-likeness (QED) is 0.258. The van der Waals surface area contributed by atoms with Gasteiger partial charge in [-0.3, -0.25) is 0 Å². The van der Waals surface area contributed by atoms with E-state index in [1.165, 1.54) is 24.3 Å². The van der Waals surface area contributed by atoms with Crippen LogP contribution in [-0.2, 0) is 0 Å². The summed E-state index contributed by atoms with van der Waals surface area (Å²) in [6.45, 7) is 0. The third-order valence-electron chi connectivity index (χ3n) is 6.22. The van der Waals surface area contributed by atoms with Gasteiger partial charge in [0, 0.05) is 0 Å². The summed E-state index contributed by atoms with van der Waals surface area (Å²) < 4.78 is 6.97. The first-order chi connectivity index (χ1) is 16.9. The second-order valence-corrected chi connectivity index (χ2v) is 18.8. The zero-order chi connectivity index (χ0) is 22.8. The molecule has 162 valence electrons. The minimum absolute atomic E-state index is 1.07. The Balaban J connectivity index is 1.74. The third-order valence-corrected chi connectivity index (χ3v) is 19.7. The van der Waals surface area contributed by atoms with E-state index in [1.54, 1.807) is 11.3 Å². The van der Waals surface area contributed by atoms with Crippen molar-refractivity contribution in [2.45, 2.75) is 0 Å². The molecular weight excluding hydrogens is 540 g/mol. The molecule has 1 aromatic heterocycles. The van der Waals surface area contributed by atoms with Gasteiger partial charge in [0.2, 0.25) is 0 Å². The van der Waals surface area contributed by atoms with E-state index in [-0.39, 0.29) is 0 Å². The van der Waals surface area contributed by atoms with Gasteiger partial charge in [-0.25, -0.2) is 0 Å². The van der Waals surface area contributed by atoms with E-state index in [9.17, 15) is 0 Å². The van der Waals surface area contributed by atoms with E-state index in [0.29, 0.717) is 0 Å². The molecule has 0 aliphatic rings. The van der Waals surface area contributed by atoms with E-state index in [4.69, 9.17) is 4.98 Å². The van der Waals surface area contributed by atoms with Crippen LogP contribution in [0.1, 0.15) is 0 Å². The Kier molecular flexibility index (Phi) is 5.79. The summed E-state index contributed by atoms with van der Waals surface area (Å²) in [5.41, 5.74) is 2.32. The van der Waals surface area contributed by atoms with E-state index in [0.717, 1.165) is 10.5 Å². The first-order valence-corrected chi connectivity index (χ1v) is 17.3. The maximum atomic E-state index is 5.09. The Morgan fingerprint density at radius 1 is 0.471 bits per heavy atom. The van der Waals surface area contributed by atoms with Gasteiger partial charge >= 0.3 is 209 Å². The van der Waals surface area contributed by atoms with Crippen molar-refractivity contribution in [1.82, 2.24) is 4.98 Å². The molecule has 0 radical (unpaired) electrons. The number of aromatic nitrogens is 1. The first-order valence-electron chi connectivity index (χ1n) is 11.4. The van der Waals surface area contributed by atoms with Crippen LogP contribution in [0.2, 0.25) is 0 Å². The topological polar surface area (TPSA) is 12.9 Å². The molecule has 3 heteroatoms. The first kappa shape index (κ1) is 21.3. The Labute approximate surface area is 208 Å². The summed E-state index contributed by atoms with van der Waals surface area (Å²) in [6, 6.07) is 50.9. The van der Waals surface area contributed by atoms with Crippen LogP contribution in [0.3, 0.4) is 0 Å². The Bertz CT molecular complexity index is 1410. The fraction of sp³-hybridized carbons (Fsp3) is 0. The van der Waals surface area contributed by atoms with Gasteiger partial charge in [-0.2, -0.15) is 0 Å². The van der Waals surface area contributed by atoms with Crippen LogP contribution >= 0.6 is 11.3 Å². The molecule has 1 heterocycles. The SMILES string of the molecule is c1cc[c]([Sb+]([c]2ccccc2)([c]2ccccc2)[c]2ccccc2-c2nc3ccccc3s2)cc1.